The molecule has 1 amide bonds. The van der Waals surface area contributed by atoms with Crippen molar-refractivity contribution >= 4 is 37.3 Å². The highest BCUT2D eigenvalue weighted by atomic mass is 32.2. The van der Waals surface area contributed by atoms with Crippen molar-refractivity contribution in [1.82, 2.24) is 4.31 Å². The Morgan fingerprint density at radius 1 is 0.865 bits per heavy atom. The summed E-state index contributed by atoms with van der Waals surface area (Å²) in [5.74, 6) is -0.390. The van der Waals surface area contributed by atoms with Crippen molar-refractivity contribution in [3.05, 3.63) is 82.9 Å². The highest BCUT2D eigenvalue weighted by Gasteiger charge is 2.33. The Labute approximate surface area is 219 Å². The molecule has 196 valence electrons. The van der Waals surface area contributed by atoms with E-state index in [2.05, 4.69) is 0 Å². The molecule has 0 N–H and O–H groups in total. The number of hydrogen-bond donors (Lipinski definition) is 0. The van der Waals surface area contributed by atoms with Crippen LogP contribution in [-0.2, 0) is 31.3 Å². The summed E-state index contributed by atoms with van der Waals surface area (Å²) in [5, 5.41) is 0. The largest absolute Gasteiger partial charge is 0.310 e. The molecule has 0 saturated carbocycles. The van der Waals surface area contributed by atoms with Crippen molar-refractivity contribution in [2.24, 2.45) is 0 Å². The molecule has 3 aromatic rings. The van der Waals surface area contributed by atoms with E-state index in [1.54, 1.807) is 48.5 Å². The number of carbonyl (C=O) groups is 1. The number of rotatable bonds is 7. The van der Waals surface area contributed by atoms with Crippen molar-refractivity contribution < 1.29 is 21.6 Å². The Morgan fingerprint density at radius 3 is 2.16 bits per heavy atom. The van der Waals surface area contributed by atoms with Crippen LogP contribution >= 0.6 is 0 Å². The van der Waals surface area contributed by atoms with Crippen LogP contribution < -0.4 is 9.21 Å². The zero-order valence-electron chi connectivity index (χ0n) is 21.6. The molecule has 0 bridgehead atoms. The minimum atomic E-state index is -4.05. The Balaban J connectivity index is 1.72. The summed E-state index contributed by atoms with van der Waals surface area (Å²) in [5.41, 5.74) is 4.38. The lowest BCUT2D eigenvalue weighted by molar-refractivity contribution is -0.117. The van der Waals surface area contributed by atoms with E-state index in [9.17, 15) is 21.6 Å². The molecule has 1 aliphatic rings. The van der Waals surface area contributed by atoms with E-state index in [4.69, 9.17) is 0 Å². The van der Waals surface area contributed by atoms with Crippen molar-refractivity contribution in [3.63, 3.8) is 0 Å². The molecular weight excluding hydrogens is 510 g/mol. The first-order chi connectivity index (χ1) is 17.3. The minimum absolute atomic E-state index is 0.104. The number of nitrogens with zero attached hydrogens (tertiary/aromatic N) is 3. The maximum absolute atomic E-state index is 13.8. The van der Waals surface area contributed by atoms with Gasteiger partial charge in [0, 0.05) is 26.3 Å². The molecule has 0 fully saturated rings. The molecule has 0 saturated heterocycles. The summed E-state index contributed by atoms with van der Waals surface area (Å²) < 4.78 is 55.0. The topological polar surface area (TPSA) is 95.1 Å². The van der Waals surface area contributed by atoms with Gasteiger partial charge in [0.15, 0.2) is 0 Å². The summed E-state index contributed by atoms with van der Waals surface area (Å²) in [7, 11) is -4.72. The van der Waals surface area contributed by atoms with Gasteiger partial charge in [-0.1, -0.05) is 29.8 Å². The third-order valence-corrected chi connectivity index (χ3v) is 10.3. The second-order valence-corrected chi connectivity index (χ2v) is 13.4. The minimum Gasteiger partial charge on any atom is -0.310 e. The first-order valence-corrected chi connectivity index (χ1v) is 14.7. The van der Waals surface area contributed by atoms with Crippen molar-refractivity contribution in [2.75, 3.05) is 36.4 Å². The van der Waals surface area contributed by atoms with Gasteiger partial charge in [0.2, 0.25) is 15.9 Å². The van der Waals surface area contributed by atoms with Crippen molar-refractivity contribution in [1.29, 1.82) is 0 Å². The van der Waals surface area contributed by atoms with Crippen molar-refractivity contribution in [2.45, 2.75) is 37.0 Å². The summed E-state index contributed by atoms with van der Waals surface area (Å²) in [6.45, 7) is 5.56. The summed E-state index contributed by atoms with van der Waals surface area (Å²) in [6.07, 6.45) is 0.478. The molecular formula is C27H31N3O5S2. The van der Waals surface area contributed by atoms with E-state index < -0.39 is 32.5 Å². The number of carbonyl (C=O) groups excluding carboxylic acids is 1. The average molecular weight is 542 g/mol. The molecule has 1 aliphatic heterocycles. The summed E-state index contributed by atoms with van der Waals surface area (Å²) >= 11 is 0. The van der Waals surface area contributed by atoms with E-state index in [-0.39, 0.29) is 9.79 Å². The predicted octanol–water partition coefficient (Wildman–Crippen LogP) is 3.65. The maximum atomic E-state index is 13.8. The van der Waals surface area contributed by atoms with Gasteiger partial charge < -0.3 is 4.90 Å². The molecule has 1 heterocycles. The standard InChI is InChI=1S/C27H31N3O5S2/c1-19-9-11-23(12-10-19)37(34,35)30(25-8-6-7-20(2)21(25)3)18-27(31)29-16-15-22-17-24(13-14-26(22)29)36(32,33)28(4)5/h6-14,17H,15-16,18H2,1-5H3. The van der Waals surface area contributed by atoms with Crippen LogP contribution in [0, 0.1) is 20.8 Å². The van der Waals surface area contributed by atoms with Gasteiger partial charge in [-0.25, -0.2) is 21.1 Å². The quantitative estimate of drug-likeness (QED) is 0.455. The van der Waals surface area contributed by atoms with Gasteiger partial charge in [-0.15, -0.1) is 0 Å². The Morgan fingerprint density at radius 2 is 1.51 bits per heavy atom. The lowest BCUT2D eigenvalue weighted by Gasteiger charge is -2.28. The van der Waals surface area contributed by atoms with Gasteiger partial charge in [0.05, 0.1) is 15.5 Å². The molecule has 0 radical (unpaired) electrons. The highest BCUT2D eigenvalue weighted by Crippen LogP contribution is 2.33. The van der Waals surface area contributed by atoms with E-state index in [1.807, 2.05) is 26.8 Å². The van der Waals surface area contributed by atoms with E-state index >= 15 is 0 Å². The Bertz CT molecular complexity index is 1560. The number of sulfonamides is 2. The molecule has 0 aromatic heterocycles. The third-order valence-electron chi connectivity index (χ3n) is 6.76. The van der Waals surface area contributed by atoms with Gasteiger partial charge in [-0.2, -0.15) is 0 Å². The first kappa shape index (κ1) is 26.8. The highest BCUT2D eigenvalue weighted by molar-refractivity contribution is 7.92. The second-order valence-electron chi connectivity index (χ2n) is 9.42. The molecule has 0 spiro atoms. The lowest BCUT2D eigenvalue weighted by Crippen LogP contribution is -2.43. The van der Waals surface area contributed by atoms with Gasteiger partial charge >= 0.3 is 0 Å². The van der Waals surface area contributed by atoms with E-state index in [1.165, 1.54) is 29.4 Å². The molecule has 4 rings (SSSR count). The molecule has 0 unspecified atom stereocenters. The fourth-order valence-corrected chi connectivity index (χ4v) is 6.78. The summed E-state index contributed by atoms with van der Waals surface area (Å²) in [6, 6.07) is 16.6. The van der Waals surface area contributed by atoms with E-state index in [0.29, 0.717) is 24.3 Å². The van der Waals surface area contributed by atoms with Gasteiger partial charge in [-0.3, -0.25) is 9.10 Å². The number of amides is 1. The fraction of sp³-hybridized carbons (Fsp3) is 0.296. The normalized spacial score (nSPS) is 13.6. The second kappa shape index (κ2) is 9.92. The van der Waals surface area contributed by atoms with Crippen LogP contribution in [0.25, 0.3) is 0 Å². The summed E-state index contributed by atoms with van der Waals surface area (Å²) in [4.78, 5) is 15.4. The van der Waals surface area contributed by atoms with Crippen LogP contribution in [0.1, 0.15) is 22.3 Å². The molecule has 0 aliphatic carbocycles. The Kier molecular flexibility index (Phi) is 7.20. The smallest absolute Gasteiger partial charge is 0.264 e. The predicted molar refractivity (Wildman–Crippen MR) is 145 cm³/mol. The van der Waals surface area contributed by atoms with Crippen LogP contribution in [0.2, 0.25) is 0 Å². The SMILES string of the molecule is Cc1ccc(S(=O)(=O)N(CC(=O)N2CCc3cc(S(=O)(=O)N(C)C)ccc32)c2cccc(C)c2C)cc1. The van der Waals surface area contributed by atoms with Crippen LogP contribution in [0.5, 0.6) is 0 Å². The zero-order chi connectivity index (χ0) is 27.1. The van der Waals surface area contributed by atoms with Gasteiger partial charge in [0.25, 0.3) is 10.0 Å². The fourth-order valence-electron chi connectivity index (χ4n) is 4.36. The zero-order valence-corrected chi connectivity index (χ0v) is 23.2. The van der Waals surface area contributed by atoms with E-state index in [0.717, 1.165) is 26.6 Å². The monoisotopic (exact) mass is 541 g/mol. The van der Waals surface area contributed by atoms with Crippen LogP contribution in [-0.4, -0.2) is 54.2 Å². The number of benzene rings is 3. The average Bonchev–Trinajstić information content (AvgIpc) is 3.28. The molecule has 3 aromatic carbocycles. The molecule has 8 nitrogen and oxygen atoms in total. The molecule has 37 heavy (non-hydrogen) atoms. The Hall–Kier alpha value is -3.21. The third kappa shape index (κ3) is 5.01. The molecule has 0 atom stereocenters. The van der Waals surface area contributed by atoms with Gasteiger partial charge in [0.1, 0.15) is 6.54 Å². The van der Waals surface area contributed by atoms with Crippen LogP contribution in [0.15, 0.2) is 70.5 Å². The van der Waals surface area contributed by atoms with Crippen LogP contribution in [0.4, 0.5) is 11.4 Å². The number of aryl methyl sites for hydroxylation is 2. The van der Waals surface area contributed by atoms with Gasteiger partial charge in [-0.05, 0) is 80.3 Å². The number of anilines is 2. The number of fused-ring (bicyclic) bond motifs is 1. The van der Waals surface area contributed by atoms with Crippen molar-refractivity contribution in [3.8, 4) is 0 Å². The van der Waals surface area contributed by atoms with Crippen LogP contribution in [0.3, 0.4) is 0 Å². The first-order valence-electron chi connectivity index (χ1n) is 11.9. The molecule has 10 heteroatoms. The lowest BCUT2D eigenvalue weighted by atomic mass is 10.1. The maximum Gasteiger partial charge on any atom is 0.264 e. The number of hydrogen-bond acceptors (Lipinski definition) is 5.